The highest BCUT2D eigenvalue weighted by molar-refractivity contribution is 7.17. The number of nitrogens with two attached hydrogens (primary N) is 3. The Bertz CT molecular complexity index is 1600. The molecule has 4 atom stereocenters. The molecular weight excluding hydrogens is 590 g/mol. The monoisotopic (exact) mass is 639 g/mol. The van der Waals surface area contributed by atoms with Gasteiger partial charge in [0.1, 0.15) is 18.1 Å². The minimum absolute atomic E-state index is 0. The van der Waals surface area contributed by atoms with Gasteiger partial charge in [0, 0.05) is 27.3 Å². The summed E-state index contributed by atoms with van der Waals surface area (Å²) < 4.78 is 1.10. The van der Waals surface area contributed by atoms with Crippen LogP contribution in [0.1, 0.15) is 47.7 Å². The number of fused-ring (bicyclic) bond motifs is 1. The Morgan fingerprint density at radius 2 is 1.87 bits per heavy atom. The number of nitrogens with one attached hydrogen (secondary N) is 3. The van der Waals surface area contributed by atoms with Crippen molar-refractivity contribution in [1.82, 2.24) is 16.0 Å². The number of hydrogen-bond donors (Lipinski definition) is 6. The zero-order valence-electron chi connectivity index (χ0n) is 26.0. The summed E-state index contributed by atoms with van der Waals surface area (Å²) in [5, 5.41) is 11.6. The fourth-order valence-corrected chi connectivity index (χ4v) is 6.83. The lowest BCUT2D eigenvalue weighted by Crippen LogP contribution is -2.58. The zero-order valence-corrected chi connectivity index (χ0v) is 26.8. The Labute approximate surface area is 272 Å². The predicted molar refractivity (Wildman–Crippen MR) is 185 cm³/mol. The van der Waals surface area contributed by atoms with E-state index in [-0.39, 0.29) is 40.9 Å². The molecule has 1 aromatic heterocycles. The van der Waals surface area contributed by atoms with Gasteiger partial charge in [0.2, 0.25) is 23.6 Å². The lowest BCUT2D eigenvalue weighted by molar-refractivity contribution is -0.133. The maximum atomic E-state index is 14.0. The average Bonchev–Trinajstić information content (AvgIpc) is 3.62. The first-order chi connectivity index (χ1) is 21.7. The Morgan fingerprint density at radius 1 is 1.13 bits per heavy atom. The van der Waals surface area contributed by atoms with Crippen LogP contribution < -0.4 is 38.1 Å². The van der Waals surface area contributed by atoms with E-state index in [9.17, 15) is 19.2 Å². The molecule has 45 heavy (non-hydrogen) atoms. The Kier molecular flexibility index (Phi) is 11.2. The van der Waals surface area contributed by atoms with Crippen molar-refractivity contribution < 1.29 is 23.5 Å². The lowest BCUT2D eigenvalue weighted by Gasteiger charge is -2.30. The molecule has 0 bridgehead atoms. The van der Waals surface area contributed by atoms with E-state index in [0.717, 1.165) is 32.5 Å². The SMILES string of the molecule is CC[C@H](C)[C@H](NC(=O)Cc1csc2ccccc12)C(=O)N[C@H]1CCc2cccc3c2N(C1=O)[C@H](C(=O)NC/C(N)=C/N)C3.CN.[HH].[HH].[HH]. The van der Waals surface area contributed by atoms with Crippen LogP contribution in [0.2, 0.25) is 0 Å². The van der Waals surface area contributed by atoms with Gasteiger partial charge in [-0.25, -0.2) is 0 Å². The molecule has 2 aliphatic rings. The van der Waals surface area contributed by atoms with E-state index in [1.165, 1.54) is 18.1 Å². The van der Waals surface area contributed by atoms with Crippen LogP contribution in [0.25, 0.3) is 10.1 Å². The molecule has 2 aromatic carbocycles. The third-order valence-electron chi connectivity index (χ3n) is 8.43. The van der Waals surface area contributed by atoms with Crippen LogP contribution in [0, 0.1) is 5.92 Å². The van der Waals surface area contributed by atoms with Crippen LogP contribution in [0.15, 0.2) is 59.7 Å². The van der Waals surface area contributed by atoms with E-state index in [1.54, 1.807) is 11.3 Å². The summed E-state index contributed by atoms with van der Waals surface area (Å²) in [5.74, 6) is -1.53. The van der Waals surface area contributed by atoms with Gasteiger partial charge in [0.15, 0.2) is 0 Å². The van der Waals surface area contributed by atoms with Gasteiger partial charge < -0.3 is 33.2 Å². The number of carbonyl (C=O) groups is 4. The topological polar surface area (TPSA) is 186 Å². The maximum absolute atomic E-state index is 14.0. The second kappa shape index (κ2) is 15.0. The molecule has 4 amide bonds. The van der Waals surface area contributed by atoms with E-state index in [1.807, 2.05) is 61.7 Å². The normalized spacial score (nSPS) is 18.6. The van der Waals surface area contributed by atoms with Crippen molar-refractivity contribution in [2.75, 3.05) is 18.5 Å². The highest BCUT2D eigenvalue weighted by Crippen LogP contribution is 2.39. The van der Waals surface area contributed by atoms with Gasteiger partial charge in [-0.1, -0.05) is 56.7 Å². The standard InChI is InChI=1S/C32H38N6O4S.CH5N.3H2/c1-3-18(2)28(37-27(39)14-21-17-43-26-10-5-4-9-23(21)26)31(41)36-24-12-11-19-7-6-8-20-13-25(38(29(19)20)32(24)42)30(40)35-16-22(34)15-33;1-2;;;/h4-10,15,17-18,24-25,28H,3,11-14,16,33-34H2,1-2H3,(H,35,40)(H,36,41)(H,37,39);2H2,1H3;3*1H/b22-15-;;;;/t18-,24-,25-,28-;;;;/m0..../s1. The van der Waals surface area contributed by atoms with Crippen molar-refractivity contribution >= 4 is 50.7 Å². The van der Waals surface area contributed by atoms with E-state index >= 15 is 0 Å². The van der Waals surface area contributed by atoms with Gasteiger partial charge in [-0.05, 0) is 59.3 Å². The minimum Gasteiger partial charge on any atom is -0.403 e. The van der Waals surface area contributed by atoms with Gasteiger partial charge in [-0.15, -0.1) is 11.3 Å². The highest BCUT2D eigenvalue weighted by Gasteiger charge is 2.44. The smallest absolute Gasteiger partial charge is 0.250 e. The molecule has 0 saturated carbocycles. The van der Waals surface area contributed by atoms with E-state index < -0.39 is 24.0 Å². The fraction of sp³-hybridized carbons (Fsp3) is 0.394. The van der Waals surface area contributed by atoms with Gasteiger partial charge in [0.25, 0.3) is 0 Å². The van der Waals surface area contributed by atoms with Gasteiger partial charge in [-0.2, -0.15) is 0 Å². The summed E-state index contributed by atoms with van der Waals surface area (Å²) in [7, 11) is 1.50. The van der Waals surface area contributed by atoms with Crippen LogP contribution in [0.5, 0.6) is 0 Å². The summed E-state index contributed by atoms with van der Waals surface area (Å²) >= 11 is 1.58. The third-order valence-corrected chi connectivity index (χ3v) is 9.44. The van der Waals surface area contributed by atoms with Crippen molar-refractivity contribution in [3.8, 4) is 0 Å². The van der Waals surface area contributed by atoms with E-state index in [0.29, 0.717) is 31.4 Å². The van der Waals surface area contributed by atoms with Gasteiger partial charge >= 0.3 is 0 Å². The second-order valence-corrected chi connectivity index (χ2v) is 12.2. The molecule has 2 aliphatic heterocycles. The summed E-state index contributed by atoms with van der Waals surface area (Å²) in [6.45, 7) is 3.93. The number of amides is 4. The number of benzene rings is 2. The molecule has 0 fully saturated rings. The Balaban J connectivity index is 0.00000226. The first kappa shape index (κ1) is 33.5. The molecular formula is C33H49N7O4S. The second-order valence-electron chi connectivity index (χ2n) is 11.3. The van der Waals surface area contributed by atoms with Crippen LogP contribution in [-0.4, -0.2) is 55.3 Å². The third kappa shape index (κ3) is 7.29. The Hall–Kier alpha value is -4.42. The first-order valence-electron chi connectivity index (χ1n) is 15.2. The highest BCUT2D eigenvalue weighted by atomic mass is 32.1. The molecule has 3 heterocycles. The summed E-state index contributed by atoms with van der Waals surface area (Å²) in [6.07, 6.45) is 3.31. The van der Waals surface area contributed by atoms with Crippen LogP contribution >= 0.6 is 11.3 Å². The lowest BCUT2D eigenvalue weighted by atomic mass is 9.96. The Morgan fingerprint density at radius 3 is 2.60 bits per heavy atom. The quantitative estimate of drug-likeness (QED) is 0.197. The first-order valence-corrected chi connectivity index (χ1v) is 16.1. The van der Waals surface area contributed by atoms with Crippen molar-refractivity contribution in [3.05, 3.63) is 76.4 Å². The molecule has 9 N–H and O–H groups in total. The van der Waals surface area contributed by atoms with Crippen molar-refractivity contribution in [3.63, 3.8) is 0 Å². The van der Waals surface area contributed by atoms with E-state index in [2.05, 4.69) is 21.7 Å². The summed E-state index contributed by atoms with van der Waals surface area (Å²) in [4.78, 5) is 55.7. The van der Waals surface area contributed by atoms with Crippen molar-refractivity contribution in [2.45, 2.75) is 64.1 Å². The molecule has 0 unspecified atom stereocenters. The zero-order chi connectivity index (χ0) is 32.7. The van der Waals surface area contributed by atoms with E-state index in [4.69, 9.17) is 11.5 Å². The maximum Gasteiger partial charge on any atom is 0.250 e. The largest absolute Gasteiger partial charge is 0.403 e. The van der Waals surface area contributed by atoms with Crippen LogP contribution in [0.4, 0.5) is 5.69 Å². The van der Waals surface area contributed by atoms with Gasteiger partial charge in [-0.3, -0.25) is 24.1 Å². The van der Waals surface area contributed by atoms with Crippen molar-refractivity contribution in [2.24, 2.45) is 23.1 Å². The average molecular weight is 640 g/mol. The number of anilines is 1. The number of aryl methyl sites for hydroxylation is 1. The number of para-hydroxylation sites is 1. The number of rotatable bonds is 10. The molecule has 5 rings (SSSR count). The molecule has 0 radical (unpaired) electrons. The van der Waals surface area contributed by atoms with Gasteiger partial charge in [0.05, 0.1) is 18.7 Å². The number of thiophene rings is 1. The molecule has 11 nitrogen and oxygen atoms in total. The number of carbonyl (C=O) groups excluding carboxylic acids is 4. The predicted octanol–water partition coefficient (Wildman–Crippen LogP) is 2.55. The van der Waals surface area contributed by atoms with Crippen LogP contribution in [-0.2, 0) is 38.4 Å². The van der Waals surface area contributed by atoms with Crippen molar-refractivity contribution in [1.29, 1.82) is 0 Å². The molecule has 0 saturated heterocycles. The molecule has 246 valence electrons. The number of hydrogen-bond acceptors (Lipinski definition) is 8. The molecule has 12 heteroatoms. The fourth-order valence-electron chi connectivity index (χ4n) is 5.87. The number of nitrogens with zero attached hydrogens (tertiary/aromatic N) is 1. The van der Waals surface area contributed by atoms with Crippen LogP contribution in [0.3, 0.4) is 0 Å². The molecule has 0 spiro atoms. The summed E-state index contributed by atoms with van der Waals surface area (Å²) in [6, 6.07) is 11.3. The molecule has 0 aliphatic carbocycles. The molecule has 3 aromatic rings. The minimum atomic E-state index is -0.862. The summed E-state index contributed by atoms with van der Waals surface area (Å²) in [5.41, 5.74) is 19.5.